The highest BCUT2D eigenvalue weighted by Crippen LogP contribution is 2.11. The van der Waals surface area contributed by atoms with E-state index in [0.717, 1.165) is 39.1 Å². The van der Waals surface area contributed by atoms with Gasteiger partial charge in [-0.15, -0.1) is 0 Å². The molecular formula is C16H21N3OS. The van der Waals surface area contributed by atoms with Crippen molar-refractivity contribution in [3.05, 3.63) is 35.4 Å². The number of carbonyl (C=O) groups excluding carboxylic acids is 1. The van der Waals surface area contributed by atoms with E-state index >= 15 is 0 Å². The second kappa shape index (κ2) is 8.06. The van der Waals surface area contributed by atoms with Gasteiger partial charge < -0.3 is 4.90 Å². The molecule has 0 atom stereocenters. The first-order valence-electron chi connectivity index (χ1n) is 7.21. The van der Waals surface area contributed by atoms with Gasteiger partial charge >= 0.3 is 0 Å². The van der Waals surface area contributed by atoms with E-state index in [0.29, 0.717) is 11.3 Å². The van der Waals surface area contributed by atoms with Crippen molar-refractivity contribution in [1.29, 1.82) is 5.26 Å². The van der Waals surface area contributed by atoms with Crippen molar-refractivity contribution in [2.75, 3.05) is 38.2 Å². The van der Waals surface area contributed by atoms with Crippen molar-refractivity contribution in [2.24, 2.45) is 0 Å². The number of nitriles is 1. The van der Waals surface area contributed by atoms with Crippen LogP contribution in [0.5, 0.6) is 0 Å². The zero-order valence-corrected chi connectivity index (χ0v) is 13.2. The van der Waals surface area contributed by atoms with Crippen LogP contribution < -0.4 is 0 Å². The highest BCUT2D eigenvalue weighted by molar-refractivity contribution is 7.99. The number of carbonyl (C=O) groups is 1. The maximum atomic E-state index is 11.9. The summed E-state index contributed by atoms with van der Waals surface area (Å²) >= 11 is 1.59. The van der Waals surface area contributed by atoms with E-state index < -0.39 is 0 Å². The number of thioether (sulfide) groups is 1. The van der Waals surface area contributed by atoms with Crippen LogP contribution in [-0.2, 0) is 11.3 Å². The molecule has 0 aromatic heterocycles. The molecule has 0 saturated carbocycles. The molecule has 1 fully saturated rings. The van der Waals surface area contributed by atoms with Crippen molar-refractivity contribution >= 4 is 17.7 Å². The molecule has 0 radical (unpaired) electrons. The van der Waals surface area contributed by atoms with Crippen LogP contribution in [0.3, 0.4) is 0 Å². The maximum Gasteiger partial charge on any atom is 0.232 e. The van der Waals surface area contributed by atoms with Gasteiger partial charge in [-0.2, -0.15) is 17.0 Å². The lowest BCUT2D eigenvalue weighted by Gasteiger charge is -2.22. The van der Waals surface area contributed by atoms with Crippen molar-refractivity contribution in [3.8, 4) is 6.07 Å². The molecule has 1 aliphatic rings. The molecule has 0 N–H and O–H groups in total. The number of benzene rings is 1. The summed E-state index contributed by atoms with van der Waals surface area (Å²) in [6, 6.07) is 9.89. The van der Waals surface area contributed by atoms with Crippen LogP contribution in [0.4, 0.5) is 0 Å². The Labute approximate surface area is 130 Å². The quantitative estimate of drug-likeness (QED) is 0.853. The minimum atomic E-state index is 0.253. The van der Waals surface area contributed by atoms with Crippen molar-refractivity contribution in [3.63, 3.8) is 0 Å². The largest absolute Gasteiger partial charge is 0.341 e. The third kappa shape index (κ3) is 4.76. The van der Waals surface area contributed by atoms with Gasteiger partial charge in [0.05, 0.1) is 17.4 Å². The molecule has 0 unspecified atom stereocenters. The number of hydrogen-bond acceptors (Lipinski definition) is 4. The maximum absolute atomic E-state index is 11.9. The first kappa shape index (κ1) is 15.9. The Bertz CT molecular complexity index is 509. The zero-order chi connectivity index (χ0) is 15.1. The molecule has 1 aliphatic heterocycles. The second-order valence-corrected chi connectivity index (χ2v) is 6.12. The molecular weight excluding hydrogens is 282 g/mol. The smallest absolute Gasteiger partial charge is 0.232 e. The first-order valence-corrected chi connectivity index (χ1v) is 8.60. The predicted molar refractivity (Wildman–Crippen MR) is 86.0 cm³/mol. The second-order valence-electron chi connectivity index (χ2n) is 5.25. The van der Waals surface area contributed by atoms with Gasteiger partial charge in [-0.25, -0.2) is 0 Å². The predicted octanol–water partition coefficient (Wildman–Crippen LogP) is 1.96. The molecule has 112 valence electrons. The van der Waals surface area contributed by atoms with Crippen LogP contribution in [-0.4, -0.2) is 53.9 Å². The van der Waals surface area contributed by atoms with Gasteiger partial charge in [-0.1, -0.05) is 12.1 Å². The molecule has 1 heterocycles. The monoisotopic (exact) mass is 303 g/mol. The van der Waals surface area contributed by atoms with E-state index in [1.807, 2.05) is 35.4 Å². The molecule has 1 aromatic rings. The minimum Gasteiger partial charge on any atom is -0.341 e. The Kier molecular flexibility index (Phi) is 6.09. The van der Waals surface area contributed by atoms with Crippen LogP contribution in [0.1, 0.15) is 17.5 Å². The van der Waals surface area contributed by atoms with Gasteiger partial charge in [0.2, 0.25) is 5.91 Å². The summed E-state index contributed by atoms with van der Waals surface area (Å²) in [5, 5.41) is 8.81. The highest BCUT2D eigenvalue weighted by atomic mass is 32.2. The standard InChI is InChI=1S/C16H21N3OS/c1-21-13-16(20)19-8-2-7-18(9-10-19)12-15-5-3-14(11-17)4-6-15/h3-6H,2,7-10,12-13H2,1H3. The van der Waals surface area contributed by atoms with E-state index in [1.165, 1.54) is 5.56 Å². The summed E-state index contributed by atoms with van der Waals surface area (Å²) in [5.41, 5.74) is 1.92. The number of amides is 1. The Hall–Kier alpha value is -1.51. The van der Waals surface area contributed by atoms with Gasteiger partial charge in [0.25, 0.3) is 0 Å². The molecule has 2 rings (SSSR count). The molecule has 0 aliphatic carbocycles. The van der Waals surface area contributed by atoms with Gasteiger partial charge in [0, 0.05) is 32.7 Å². The van der Waals surface area contributed by atoms with Crippen LogP contribution in [0, 0.1) is 11.3 Å². The van der Waals surface area contributed by atoms with Crippen molar-refractivity contribution in [1.82, 2.24) is 9.80 Å². The summed E-state index contributed by atoms with van der Waals surface area (Å²) in [6.45, 7) is 4.50. The first-order chi connectivity index (χ1) is 10.2. The summed E-state index contributed by atoms with van der Waals surface area (Å²) in [6.07, 6.45) is 2.99. The summed E-state index contributed by atoms with van der Waals surface area (Å²) in [5.74, 6) is 0.832. The summed E-state index contributed by atoms with van der Waals surface area (Å²) in [4.78, 5) is 16.3. The molecule has 21 heavy (non-hydrogen) atoms. The lowest BCUT2D eigenvalue weighted by Crippen LogP contribution is -2.36. The number of hydrogen-bond donors (Lipinski definition) is 0. The topological polar surface area (TPSA) is 47.3 Å². The van der Waals surface area contributed by atoms with Crippen LogP contribution >= 0.6 is 11.8 Å². The molecule has 5 heteroatoms. The van der Waals surface area contributed by atoms with E-state index in [-0.39, 0.29) is 5.91 Å². The van der Waals surface area contributed by atoms with Crippen LogP contribution in [0.25, 0.3) is 0 Å². The molecule has 1 aromatic carbocycles. The van der Waals surface area contributed by atoms with Gasteiger partial charge in [0.15, 0.2) is 0 Å². The fourth-order valence-corrected chi connectivity index (χ4v) is 2.97. The Morgan fingerprint density at radius 1 is 1.24 bits per heavy atom. The van der Waals surface area contributed by atoms with Crippen LogP contribution in [0.15, 0.2) is 24.3 Å². The van der Waals surface area contributed by atoms with Crippen molar-refractivity contribution < 1.29 is 4.79 Å². The molecule has 4 nitrogen and oxygen atoms in total. The number of nitrogens with zero attached hydrogens (tertiary/aromatic N) is 3. The van der Waals surface area contributed by atoms with Crippen LogP contribution in [0.2, 0.25) is 0 Å². The lowest BCUT2D eigenvalue weighted by molar-refractivity contribution is -0.128. The van der Waals surface area contributed by atoms with E-state index in [9.17, 15) is 4.79 Å². The van der Waals surface area contributed by atoms with Gasteiger partial charge in [-0.3, -0.25) is 9.69 Å². The molecule has 1 amide bonds. The zero-order valence-electron chi connectivity index (χ0n) is 12.4. The molecule has 0 spiro atoms. The SMILES string of the molecule is CSCC(=O)N1CCCN(Cc2ccc(C#N)cc2)CC1. The Balaban J connectivity index is 1.88. The Morgan fingerprint density at radius 3 is 2.67 bits per heavy atom. The average molecular weight is 303 g/mol. The lowest BCUT2D eigenvalue weighted by atomic mass is 10.1. The summed E-state index contributed by atoms with van der Waals surface area (Å²) < 4.78 is 0. The third-order valence-electron chi connectivity index (χ3n) is 3.70. The van der Waals surface area contributed by atoms with E-state index in [4.69, 9.17) is 5.26 Å². The molecule has 1 saturated heterocycles. The minimum absolute atomic E-state index is 0.253. The highest BCUT2D eigenvalue weighted by Gasteiger charge is 2.18. The molecule has 0 bridgehead atoms. The average Bonchev–Trinajstić information content (AvgIpc) is 2.74. The van der Waals surface area contributed by atoms with E-state index in [1.54, 1.807) is 11.8 Å². The number of rotatable bonds is 4. The van der Waals surface area contributed by atoms with Crippen molar-refractivity contribution in [2.45, 2.75) is 13.0 Å². The normalized spacial score (nSPS) is 16.3. The van der Waals surface area contributed by atoms with Gasteiger partial charge in [0.1, 0.15) is 0 Å². The Morgan fingerprint density at radius 2 is 2.00 bits per heavy atom. The van der Waals surface area contributed by atoms with Gasteiger partial charge in [-0.05, 0) is 30.4 Å². The van der Waals surface area contributed by atoms with E-state index in [2.05, 4.69) is 11.0 Å². The fourth-order valence-electron chi connectivity index (χ4n) is 2.54. The third-order valence-corrected chi connectivity index (χ3v) is 4.23. The summed E-state index contributed by atoms with van der Waals surface area (Å²) in [7, 11) is 0. The fraction of sp³-hybridized carbons (Fsp3) is 0.500.